The predicted octanol–water partition coefficient (Wildman–Crippen LogP) is 3.77. The van der Waals surface area contributed by atoms with E-state index in [1.165, 1.54) is 0 Å². The van der Waals surface area contributed by atoms with Crippen molar-refractivity contribution >= 4 is 6.21 Å². The first-order valence-electron chi connectivity index (χ1n) is 5.40. The lowest BCUT2D eigenvalue weighted by atomic mass is 10.2. The van der Waals surface area contributed by atoms with Crippen LogP contribution in [0.4, 0.5) is 0 Å². The van der Waals surface area contributed by atoms with Crippen molar-refractivity contribution in [3.8, 4) is 0 Å². The zero-order chi connectivity index (χ0) is 11.4. The highest BCUT2D eigenvalue weighted by atomic mass is 16.3. The van der Waals surface area contributed by atoms with Gasteiger partial charge >= 0.3 is 0 Å². The summed E-state index contributed by atoms with van der Waals surface area (Å²) in [7, 11) is 0. The third kappa shape index (κ3) is 2.60. The molecule has 0 bridgehead atoms. The second-order valence-electron chi connectivity index (χ2n) is 3.81. The third-order valence-electron chi connectivity index (χ3n) is 2.42. The van der Waals surface area contributed by atoms with Crippen LogP contribution in [0, 0.1) is 6.92 Å². The first kappa shape index (κ1) is 10.7. The van der Waals surface area contributed by atoms with Crippen molar-refractivity contribution < 1.29 is 4.42 Å². The molecule has 0 fully saturated rings. The molecule has 1 aromatic carbocycles. The van der Waals surface area contributed by atoms with Gasteiger partial charge in [0.05, 0.1) is 0 Å². The number of rotatable bonds is 3. The van der Waals surface area contributed by atoms with E-state index >= 15 is 0 Å². The van der Waals surface area contributed by atoms with Gasteiger partial charge in [-0.05, 0) is 31.5 Å². The average Bonchev–Trinajstić information content (AvgIpc) is 2.74. The lowest BCUT2D eigenvalue weighted by molar-refractivity contribution is 0.459. The normalized spacial score (nSPS) is 13.1. The van der Waals surface area contributed by atoms with Crippen LogP contribution in [-0.4, -0.2) is 6.21 Å². The summed E-state index contributed by atoms with van der Waals surface area (Å²) in [6.45, 7) is 3.97. The Hall–Kier alpha value is -1.83. The van der Waals surface area contributed by atoms with E-state index in [1.807, 2.05) is 62.5 Å². The standard InChI is InChI=1S/C14H15NO/c1-11-8-9-14(16-11)12(2)15-10-13-6-4-3-5-7-13/h3-10,12H,1-2H3. The summed E-state index contributed by atoms with van der Waals surface area (Å²) in [6, 6.07) is 14.1. The zero-order valence-corrected chi connectivity index (χ0v) is 9.55. The van der Waals surface area contributed by atoms with Crippen LogP contribution in [0.25, 0.3) is 0 Å². The fourth-order valence-electron chi connectivity index (χ4n) is 1.49. The highest BCUT2D eigenvalue weighted by Gasteiger charge is 2.06. The zero-order valence-electron chi connectivity index (χ0n) is 9.55. The van der Waals surface area contributed by atoms with E-state index in [0.29, 0.717) is 0 Å². The van der Waals surface area contributed by atoms with Crippen LogP contribution in [0.3, 0.4) is 0 Å². The summed E-state index contributed by atoms with van der Waals surface area (Å²) in [5.41, 5.74) is 1.11. The van der Waals surface area contributed by atoms with Crippen LogP contribution < -0.4 is 0 Å². The van der Waals surface area contributed by atoms with Gasteiger partial charge in [-0.1, -0.05) is 30.3 Å². The number of benzene rings is 1. The van der Waals surface area contributed by atoms with E-state index in [2.05, 4.69) is 4.99 Å². The molecule has 1 atom stereocenters. The Morgan fingerprint density at radius 1 is 1.12 bits per heavy atom. The minimum absolute atomic E-state index is 0.0638. The maximum absolute atomic E-state index is 5.52. The molecule has 2 nitrogen and oxygen atoms in total. The Morgan fingerprint density at radius 2 is 1.88 bits per heavy atom. The molecule has 0 aliphatic carbocycles. The van der Waals surface area contributed by atoms with Crippen molar-refractivity contribution in [2.24, 2.45) is 4.99 Å². The number of aryl methyl sites for hydroxylation is 1. The fourth-order valence-corrected chi connectivity index (χ4v) is 1.49. The van der Waals surface area contributed by atoms with Crippen LogP contribution in [0.5, 0.6) is 0 Å². The smallest absolute Gasteiger partial charge is 0.128 e. The predicted molar refractivity (Wildman–Crippen MR) is 65.9 cm³/mol. The first-order valence-corrected chi connectivity index (χ1v) is 5.40. The van der Waals surface area contributed by atoms with Crippen molar-refractivity contribution in [2.45, 2.75) is 19.9 Å². The summed E-state index contributed by atoms with van der Waals surface area (Å²) in [4.78, 5) is 4.46. The molecule has 0 amide bonds. The van der Waals surface area contributed by atoms with Gasteiger partial charge in [-0.2, -0.15) is 0 Å². The lowest BCUT2D eigenvalue weighted by Gasteiger charge is -2.01. The molecule has 2 aromatic rings. The SMILES string of the molecule is Cc1ccc(C(C)N=Cc2ccccc2)o1. The van der Waals surface area contributed by atoms with Gasteiger partial charge in [-0.15, -0.1) is 0 Å². The molecular formula is C14H15NO. The molecule has 0 aliphatic rings. The fraction of sp³-hybridized carbons (Fsp3) is 0.214. The van der Waals surface area contributed by atoms with E-state index in [0.717, 1.165) is 17.1 Å². The minimum Gasteiger partial charge on any atom is -0.464 e. The Kier molecular flexibility index (Phi) is 3.20. The number of hydrogen-bond donors (Lipinski definition) is 0. The Bertz CT molecular complexity index is 470. The quantitative estimate of drug-likeness (QED) is 0.712. The average molecular weight is 213 g/mol. The molecule has 0 aliphatic heterocycles. The topological polar surface area (TPSA) is 25.5 Å². The molecule has 0 radical (unpaired) electrons. The van der Waals surface area contributed by atoms with E-state index < -0.39 is 0 Å². The molecule has 1 aromatic heterocycles. The summed E-state index contributed by atoms with van der Waals surface area (Å²) in [5.74, 6) is 1.83. The second kappa shape index (κ2) is 4.79. The van der Waals surface area contributed by atoms with Gasteiger partial charge in [0, 0.05) is 6.21 Å². The Labute approximate surface area is 95.6 Å². The van der Waals surface area contributed by atoms with Crippen molar-refractivity contribution in [1.82, 2.24) is 0 Å². The van der Waals surface area contributed by atoms with Gasteiger partial charge in [-0.25, -0.2) is 0 Å². The molecule has 0 saturated heterocycles. The highest BCUT2D eigenvalue weighted by Crippen LogP contribution is 2.18. The van der Waals surface area contributed by atoms with Gasteiger partial charge in [0.2, 0.25) is 0 Å². The van der Waals surface area contributed by atoms with Crippen molar-refractivity contribution in [2.75, 3.05) is 0 Å². The number of nitrogens with zero attached hydrogens (tertiary/aromatic N) is 1. The maximum Gasteiger partial charge on any atom is 0.128 e. The van der Waals surface area contributed by atoms with E-state index in [1.54, 1.807) is 0 Å². The number of furan rings is 1. The second-order valence-corrected chi connectivity index (χ2v) is 3.81. The monoisotopic (exact) mass is 213 g/mol. The Morgan fingerprint density at radius 3 is 2.50 bits per heavy atom. The number of hydrogen-bond acceptors (Lipinski definition) is 2. The van der Waals surface area contributed by atoms with E-state index in [4.69, 9.17) is 4.42 Å². The van der Waals surface area contributed by atoms with E-state index in [-0.39, 0.29) is 6.04 Å². The molecule has 0 N–H and O–H groups in total. The van der Waals surface area contributed by atoms with Crippen molar-refractivity contribution in [3.05, 3.63) is 59.5 Å². The van der Waals surface area contributed by atoms with Gasteiger partial charge in [-0.3, -0.25) is 4.99 Å². The summed E-state index contributed by atoms with van der Waals surface area (Å²) < 4.78 is 5.52. The largest absolute Gasteiger partial charge is 0.464 e. The van der Waals surface area contributed by atoms with Crippen LogP contribution in [0.1, 0.15) is 30.0 Å². The van der Waals surface area contributed by atoms with Gasteiger partial charge < -0.3 is 4.42 Å². The van der Waals surface area contributed by atoms with E-state index in [9.17, 15) is 0 Å². The summed E-state index contributed by atoms with van der Waals surface area (Å²) in [5, 5.41) is 0. The van der Waals surface area contributed by atoms with Crippen molar-refractivity contribution in [1.29, 1.82) is 0 Å². The van der Waals surface area contributed by atoms with Crippen molar-refractivity contribution in [3.63, 3.8) is 0 Å². The maximum atomic E-state index is 5.52. The lowest BCUT2D eigenvalue weighted by Crippen LogP contribution is -1.88. The van der Waals surface area contributed by atoms with Crippen LogP contribution in [-0.2, 0) is 0 Å². The van der Waals surface area contributed by atoms with Crippen LogP contribution in [0.2, 0.25) is 0 Å². The number of aliphatic imine (C=N–C) groups is 1. The first-order chi connectivity index (χ1) is 7.75. The van der Waals surface area contributed by atoms with Crippen LogP contribution in [0.15, 0.2) is 51.9 Å². The van der Waals surface area contributed by atoms with Gasteiger partial charge in [0.25, 0.3) is 0 Å². The summed E-state index contributed by atoms with van der Waals surface area (Å²) >= 11 is 0. The molecule has 1 heterocycles. The molecule has 2 heteroatoms. The molecule has 16 heavy (non-hydrogen) atoms. The molecule has 0 spiro atoms. The molecule has 2 rings (SSSR count). The molecule has 1 unspecified atom stereocenters. The molecular weight excluding hydrogens is 198 g/mol. The molecule has 0 saturated carbocycles. The minimum atomic E-state index is 0.0638. The van der Waals surface area contributed by atoms with Gasteiger partial charge in [0.1, 0.15) is 17.6 Å². The highest BCUT2D eigenvalue weighted by molar-refractivity contribution is 5.79. The summed E-state index contributed by atoms with van der Waals surface area (Å²) in [6.07, 6.45) is 1.88. The Balaban J connectivity index is 2.08. The van der Waals surface area contributed by atoms with Gasteiger partial charge in [0.15, 0.2) is 0 Å². The third-order valence-corrected chi connectivity index (χ3v) is 2.42. The molecule has 82 valence electrons. The van der Waals surface area contributed by atoms with Crippen LogP contribution >= 0.6 is 0 Å².